The Kier molecular flexibility index (Phi) is 14.7. The standard InChI is InChI=1S/C11H18O3.C2H6/c1-4-6-8-10(9-7-5-2)14-11(12)13-3;1-2/h6,8-9H,4-5,7H2,1-3H3;1-2H3/b8-6-,10-9+;. The number of allylic oxidation sites excluding steroid dienone is 3. The van der Waals surface area contributed by atoms with Gasteiger partial charge in [0, 0.05) is 0 Å². The van der Waals surface area contributed by atoms with E-state index in [1.165, 1.54) is 7.11 Å². The normalized spacial score (nSPS) is 10.7. The SMILES string of the molecule is CC.CC/C=C\C(=C/CCC)OC(=O)OC. The van der Waals surface area contributed by atoms with Crippen LogP contribution in [0.2, 0.25) is 0 Å². The van der Waals surface area contributed by atoms with Gasteiger partial charge in [0.2, 0.25) is 0 Å². The monoisotopic (exact) mass is 228 g/mol. The lowest BCUT2D eigenvalue weighted by Crippen LogP contribution is -2.02. The largest absolute Gasteiger partial charge is 0.513 e. The van der Waals surface area contributed by atoms with Crippen molar-refractivity contribution in [3.05, 3.63) is 24.0 Å². The molecule has 0 bridgehead atoms. The average molecular weight is 228 g/mol. The molecule has 0 aliphatic rings. The lowest BCUT2D eigenvalue weighted by molar-refractivity contribution is 0.0996. The fraction of sp³-hybridized carbons (Fsp3) is 0.615. The van der Waals surface area contributed by atoms with Crippen molar-refractivity contribution in [1.82, 2.24) is 0 Å². The number of hydrogen-bond donors (Lipinski definition) is 0. The summed E-state index contributed by atoms with van der Waals surface area (Å²) in [5, 5.41) is 0. The number of carbonyl (C=O) groups is 1. The van der Waals surface area contributed by atoms with E-state index >= 15 is 0 Å². The molecule has 0 aliphatic carbocycles. The first kappa shape index (κ1) is 17.2. The molecule has 0 aromatic carbocycles. The molecule has 0 amide bonds. The molecule has 0 saturated carbocycles. The Labute approximate surface area is 99.1 Å². The van der Waals surface area contributed by atoms with Crippen LogP contribution in [0.4, 0.5) is 4.79 Å². The van der Waals surface area contributed by atoms with Crippen molar-refractivity contribution in [2.24, 2.45) is 0 Å². The van der Waals surface area contributed by atoms with E-state index in [0.717, 1.165) is 19.3 Å². The highest BCUT2D eigenvalue weighted by Crippen LogP contribution is 2.05. The molecule has 0 spiro atoms. The number of rotatable bonds is 5. The second-order valence-corrected chi connectivity index (χ2v) is 2.76. The zero-order valence-electron chi connectivity index (χ0n) is 11.1. The quantitative estimate of drug-likeness (QED) is 0.396. The van der Waals surface area contributed by atoms with E-state index in [1.54, 1.807) is 6.08 Å². The molecule has 0 aliphatic heterocycles. The van der Waals surface area contributed by atoms with Crippen LogP contribution in [0, 0.1) is 0 Å². The van der Waals surface area contributed by atoms with Gasteiger partial charge < -0.3 is 9.47 Å². The van der Waals surface area contributed by atoms with Gasteiger partial charge in [-0.1, -0.05) is 40.2 Å². The van der Waals surface area contributed by atoms with Gasteiger partial charge in [-0.2, -0.15) is 0 Å². The highest BCUT2D eigenvalue weighted by Gasteiger charge is 2.02. The molecule has 0 fully saturated rings. The molecule has 0 heterocycles. The van der Waals surface area contributed by atoms with Crippen molar-refractivity contribution in [3.8, 4) is 0 Å². The molecule has 3 nitrogen and oxygen atoms in total. The Morgan fingerprint density at radius 2 is 1.88 bits per heavy atom. The summed E-state index contributed by atoms with van der Waals surface area (Å²) < 4.78 is 9.32. The lowest BCUT2D eigenvalue weighted by atomic mass is 10.3. The Morgan fingerprint density at radius 3 is 2.31 bits per heavy atom. The highest BCUT2D eigenvalue weighted by atomic mass is 16.7. The maximum Gasteiger partial charge on any atom is 0.513 e. The summed E-state index contributed by atoms with van der Waals surface area (Å²) in [7, 11) is 1.29. The molecule has 0 radical (unpaired) electrons. The van der Waals surface area contributed by atoms with E-state index in [9.17, 15) is 4.79 Å². The smallest absolute Gasteiger partial charge is 0.437 e. The van der Waals surface area contributed by atoms with Crippen LogP contribution in [0.3, 0.4) is 0 Å². The minimum Gasteiger partial charge on any atom is -0.437 e. The number of methoxy groups -OCH3 is 1. The van der Waals surface area contributed by atoms with Gasteiger partial charge in [0.15, 0.2) is 0 Å². The molecule has 0 atom stereocenters. The first-order chi connectivity index (χ1) is 7.74. The Bertz CT molecular complexity index is 217. The summed E-state index contributed by atoms with van der Waals surface area (Å²) in [4.78, 5) is 10.8. The fourth-order valence-corrected chi connectivity index (χ4v) is 0.802. The van der Waals surface area contributed by atoms with Crippen LogP contribution < -0.4 is 0 Å². The third-order valence-corrected chi connectivity index (χ3v) is 1.52. The van der Waals surface area contributed by atoms with Crippen molar-refractivity contribution in [2.45, 2.75) is 47.0 Å². The molecule has 0 N–H and O–H groups in total. The van der Waals surface area contributed by atoms with Gasteiger partial charge in [0.05, 0.1) is 7.11 Å². The second-order valence-electron chi connectivity index (χ2n) is 2.76. The Balaban J connectivity index is 0. The Morgan fingerprint density at radius 1 is 1.25 bits per heavy atom. The zero-order chi connectivity index (χ0) is 12.8. The van der Waals surface area contributed by atoms with Crippen molar-refractivity contribution >= 4 is 6.16 Å². The van der Waals surface area contributed by atoms with Crippen LogP contribution in [0.5, 0.6) is 0 Å². The van der Waals surface area contributed by atoms with Crippen LogP contribution in [0.25, 0.3) is 0 Å². The zero-order valence-corrected chi connectivity index (χ0v) is 11.1. The molecular weight excluding hydrogens is 204 g/mol. The van der Waals surface area contributed by atoms with Crippen LogP contribution in [0.1, 0.15) is 47.0 Å². The molecule has 0 unspecified atom stereocenters. The first-order valence-electron chi connectivity index (χ1n) is 5.87. The van der Waals surface area contributed by atoms with Gasteiger partial charge in [-0.25, -0.2) is 4.79 Å². The topological polar surface area (TPSA) is 35.5 Å². The van der Waals surface area contributed by atoms with Crippen molar-refractivity contribution in [3.63, 3.8) is 0 Å². The van der Waals surface area contributed by atoms with Gasteiger partial charge >= 0.3 is 6.16 Å². The van der Waals surface area contributed by atoms with Crippen molar-refractivity contribution in [2.75, 3.05) is 7.11 Å². The molecule has 16 heavy (non-hydrogen) atoms. The van der Waals surface area contributed by atoms with Gasteiger partial charge in [0.1, 0.15) is 5.76 Å². The number of ether oxygens (including phenoxy) is 2. The molecule has 0 aromatic heterocycles. The molecule has 0 aromatic rings. The van der Waals surface area contributed by atoms with E-state index < -0.39 is 6.16 Å². The summed E-state index contributed by atoms with van der Waals surface area (Å²) in [6, 6.07) is 0. The second kappa shape index (κ2) is 13.8. The summed E-state index contributed by atoms with van der Waals surface area (Å²) in [5.74, 6) is 0.556. The van der Waals surface area contributed by atoms with E-state index in [1.807, 2.05) is 32.9 Å². The van der Waals surface area contributed by atoms with Crippen molar-refractivity contribution < 1.29 is 14.3 Å². The lowest BCUT2D eigenvalue weighted by Gasteiger charge is -2.02. The van der Waals surface area contributed by atoms with Crippen molar-refractivity contribution in [1.29, 1.82) is 0 Å². The van der Waals surface area contributed by atoms with Gasteiger partial charge in [-0.3, -0.25) is 0 Å². The molecular formula is C13H24O3. The first-order valence-corrected chi connectivity index (χ1v) is 5.87. The van der Waals surface area contributed by atoms with Crippen LogP contribution >= 0.6 is 0 Å². The van der Waals surface area contributed by atoms with E-state index in [0.29, 0.717) is 5.76 Å². The predicted molar refractivity (Wildman–Crippen MR) is 67.3 cm³/mol. The van der Waals surface area contributed by atoms with Crippen LogP contribution in [0.15, 0.2) is 24.0 Å². The van der Waals surface area contributed by atoms with Crippen LogP contribution in [-0.4, -0.2) is 13.3 Å². The number of hydrogen-bond acceptors (Lipinski definition) is 3. The van der Waals surface area contributed by atoms with E-state index in [-0.39, 0.29) is 0 Å². The molecule has 94 valence electrons. The number of unbranched alkanes of at least 4 members (excludes halogenated alkanes) is 1. The minimum atomic E-state index is -0.673. The third-order valence-electron chi connectivity index (χ3n) is 1.52. The predicted octanol–water partition coefficient (Wildman–Crippen LogP) is 4.45. The van der Waals surface area contributed by atoms with Gasteiger partial charge in [-0.05, 0) is 25.0 Å². The van der Waals surface area contributed by atoms with Crippen LogP contribution in [-0.2, 0) is 9.47 Å². The molecule has 0 rings (SSSR count). The minimum absolute atomic E-state index is 0.556. The molecule has 0 saturated heterocycles. The maximum absolute atomic E-state index is 10.8. The average Bonchev–Trinajstić information content (AvgIpc) is 2.34. The summed E-state index contributed by atoms with van der Waals surface area (Å²) in [6.07, 6.45) is 7.75. The summed E-state index contributed by atoms with van der Waals surface area (Å²) >= 11 is 0. The maximum atomic E-state index is 10.8. The van der Waals surface area contributed by atoms with Gasteiger partial charge in [-0.15, -0.1) is 0 Å². The third kappa shape index (κ3) is 10.8. The summed E-state index contributed by atoms with van der Waals surface area (Å²) in [6.45, 7) is 8.09. The number of carbonyl (C=O) groups excluding carboxylic acids is 1. The summed E-state index contributed by atoms with van der Waals surface area (Å²) in [5.41, 5.74) is 0. The van der Waals surface area contributed by atoms with E-state index in [4.69, 9.17) is 4.74 Å². The highest BCUT2D eigenvalue weighted by molar-refractivity contribution is 5.61. The molecule has 3 heteroatoms. The van der Waals surface area contributed by atoms with E-state index in [2.05, 4.69) is 11.7 Å². The van der Waals surface area contributed by atoms with Gasteiger partial charge in [0.25, 0.3) is 0 Å². The fourth-order valence-electron chi connectivity index (χ4n) is 0.802. The Hall–Kier alpha value is -1.25.